The Morgan fingerprint density at radius 3 is 2.00 bits per heavy atom. The first-order chi connectivity index (χ1) is 7.83. The van der Waals surface area contributed by atoms with Gasteiger partial charge in [0.15, 0.2) is 0 Å². The zero-order valence-electron chi connectivity index (χ0n) is 11.6. The van der Waals surface area contributed by atoms with E-state index in [2.05, 4.69) is 17.9 Å². The molecule has 0 unspecified atom stereocenters. The quantitative estimate of drug-likeness (QED) is 0.706. The Hall–Kier alpha value is -1.19. The van der Waals surface area contributed by atoms with E-state index in [1.165, 1.54) is 5.70 Å². The van der Waals surface area contributed by atoms with Gasteiger partial charge in [-0.05, 0) is 34.6 Å². The van der Waals surface area contributed by atoms with Crippen molar-refractivity contribution >= 4 is 6.09 Å². The monoisotopic (exact) mass is 240 g/mol. The van der Waals surface area contributed by atoms with Crippen LogP contribution in [0.25, 0.3) is 0 Å². The molecule has 98 valence electrons. The fraction of sp³-hybridized carbons (Fsp3) is 0.769. The lowest BCUT2D eigenvalue weighted by molar-refractivity contribution is 0.0169. The molecule has 0 spiro atoms. The van der Waals surface area contributed by atoms with E-state index >= 15 is 0 Å². The van der Waals surface area contributed by atoms with Gasteiger partial charge >= 0.3 is 6.09 Å². The molecule has 1 amide bonds. The van der Waals surface area contributed by atoms with Crippen LogP contribution in [0.5, 0.6) is 0 Å². The lowest BCUT2D eigenvalue weighted by atomic mass is 10.2. The molecular weight excluding hydrogens is 216 g/mol. The Morgan fingerprint density at radius 1 is 1.12 bits per heavy atom. The van der Waals surface area contributed by atoms with Crippen molar-refractivity contribution in [1.29, 1.82) is 0 Å². The van der Waals surface area contributed by atoms with Crippen molar-refractivity contribution in [2.45, 2.75) is 40.2 Å². The van der Waals surface area contributed by atoms with E-state index in [1.54, 1.807) is 4.90 Å². The summed E-state index contributed by atoms with van der Waals surface area (Å²) in [7, 11) is 0. The van der Waals surface area contributed by atoms with Crippen molar-refractivity contribution in [3.8, 4) is 0 Å². The highest BCUT2D eigenvalue weighted by atomic mass is 16.6. The van der Waals surface area contributed by atoms with Crippen molar-refractivity contribution in [3.63, 3.8) is 0 Å². The largest absolute Gasteiger partial charge is 0.444 e. The second-order valence-electron chi connectivity index (χ2n) is 5.38. The highest BCUT2D eigenvalue weighted by molar-refractivity contribution is 5.68. The maximum atomic E-state index is 11.8. The minimum atomic E-state index is -0.409. The molecule has 1 fully saturated rings. The predicted molar refractivity (Wildman–Crippen MR) is 68.8 cm³/mol. The van der Waals surface area contributed by atoms with Gasteiger partial charge in [0.2, 0.25) is 0 Å². The van der Waals surface area contributed by atoms with E-state index in [0.717, 1.165) is 26.2 Å². The first-order valence-corrected chi connectivity index (χ1v) is 6.19. The SMILES string of the molecule is CC=C(C)N1CCN(C(=O)OC(C)(C)C)CC1. The number of hydrogen-bond acceptors (Lipinski definition) is 3. The Kier molecular flexibility index (Phi) is 4.43. The molecule has 4 nitrogen and oxygen atoms in total. The van der Waals surface area contributed by atoms with Gasteiger partial charge in [-0.3, -0.25) is 0 Å². The summed E-state index contributed by atoms with van der Waals surface area (Å²) in [4.78, 5) is 15.9. The van der Waals surface area contributed by atoms with Crippen LogP contribution in [0.1, 0.15) is 34.6 Å². The van der Waals surface area contributed by atoms with Gasteiger partial charge < -0.3 is 14.5 Å². The zero-order valence-corrected chi connectivity index (χ0v) is 11.6. The van der Waals surface area contributed by atoms with Crippen LogP contribution in [0.2, 0.25) is 0 Å². The molecule has 1 aliphatic rings. The van der Waals surface area contributed by atoms with Gasteiger partial charge in [-0.15, -0.1) is 0 Å². The third kappa shape index (κ3) is 4.29. The van der Waals surface area contributed by atoms with Gasteiger partial charge in [-0.1, -0.05) is 6.08 Å². The molecule has 0 aromatic carbocycles. The van der Waals surface area contributed by atoms with Crippen LogP contribution in [-0.4, -0.2) is 47.7 Å². The van der Waals surface area contributed by atoms with E-state index in [9.17, 15) is 4.79 Å². The van der Waals surface area contributed by atoms with Crippen LogP contribution < -0.4 is 0 Å². The molecule has 4 heteroatoms. The molecule has 17 heavy (non-hydrogen) atoms. The minimum absolute atomic E-state index is 0.199. The van der Waals surface area contributed by atoms with Crippen LogP contribution in [0, 0.1) is 0 Å². The van der Waals surface area contributed by atoms with Crippen molar-refractivity contribution in [1.82, 2.24) is 9.80 Å². The topological polar surface area (TPSA) is 32.8 Å². The van der Waals surface area contributed by atoms with E-state index in [0.29, 0.717) is 0 Å². The molecule has 0 aromatic heterocycles. The molecule has 1 aliphatic heterocycles. The Bertz CT molecular complexity index is 297. The maximum Gasteiger partial charge on any atom is 0.410 e. The molecule has 1 heterocycles. The summed E-state index contributed by atoms with van der Waals surface area (Å²) in [6.45, 7) is 13.1. The molecule has 1 rings (SSSR count). The number of carbonyl (C=O) groups is 1. The van der Waals surface area contributed by atoms with E-state index in [-0.39, 0.29) is 6.09 Å². The third-order valence-electron chi connectivity index (χ3n) is 2.85. The molecule has 0 atom stereocenters. The second-order valence-corrected chi connectivity index (χ2v) is 5.38. The molecule has 0 aliphatic carbocycles. The number of allylic oxidation sites excluding steroid dienone is 2. The summed E-state index contributed by atoms with van der Waals surface area (Å²) >= 11 is 0. The minimum Gasteiger partial charge on any atom is -0.444 e. The lowest BCUT2D eigenvalue weighted by Gasteiger charge is -2.37. The number of carbonyl (C=O) groups excluding carboxylic acids is 1. The molecule has 0 radical (unpaired) electrons. The Labute approximate surface area is 104 Å². The molecule has 0 bridgehead atoms. The summed E-state index contributed by atoms with van der Waals surface area (Å²) < 4.78 is 5.35. The summed E-state index contributed by atoms with van der Waals surface area (Å²) in [5.74, 6) is 0. The summed E-state index contributed by atoms with van der Waals surface area (Å²) in [5, 5.41) is 0. The second kappa shape index (κ2) is 5.43. The van der Waals surface area contributed by atoms with Crippen LogP contribution >= 0.6 is 0 Å². The smallest absolute Gasteiger partial charge is 0.410 e. The Balaban J connectivity index is 2.44. The van der Waals surface area contributed by atoms with Gasteiger partial charge in [0.05, 0.1) is 0 Å². The maximum absolute atomic E-state index is 11.8. The fourth-order valence-corrected chi connectivity index (χ4v) is 1.75. The number of amides is 1. The van der Waals surface area contributed by atoms with E-state index < -0.39 is 5.60 Å². The number of piperazine rings is 1. The first-order valence-electron chi connectivity index (χ1n) is 6.19. The van der Waals surface area contributed by atoms with Gasteiger partial charge in [-0.2, -0.15) is 0 Å². The van der Waals surface area contributed by atoms with Crippen LogP contribution in [0.3, 0.4) is 0 Å². The standard InChI is InChI=1S/C13H24N2O2/c1-6-11(2)14-7-9-15(10-8-14)12(16)17-13(3,4)5/h6H,7-10H2,1-5H3. The van der Waals surface area contributed by atoms with Gasteiger partial charge in [-0.25, -0.2) is 4.79 Å². The molecule has 0 saturated carbocycles. The first kappa shape index (κ1) is 13.9. The molecular formula is C13H24N2O2. The average molecular weight is 240 g/mol. The van der Waals surface area contributed by atoms with Crippen molar-refractivity contribution in [3.05, 3.63) is 11.8 Å². The van der Waals surface area contributed by atoms with E-state index in [1.807, 2.05) is 27.7 Å². The summed E-state index contributed by atoms with van der Waals surface area (Å²) in [6.07, 6.45) is 1.90. The van der Waals surface area contributed by atoms with Crippen molar-refractivity contribution in [2.75, 3.05) is 26.2 Å². The van der Waals surface area contributed by atoms with Crippen LogP contribution in [0.4, 0.5) is 4.79 Å². The Morgan fingerprint density at radius 2 is 1.59 bits per heavy atom. The lowest BCUT2D eigenvalue weighted by Crippen LogP contribution is -2.49. The molecule has 0 aromatic rings. The van der Waals surface area contributed by atoms with E-state index in [4.69, 9.17) is 4.74 Å². The third-order valence-corrected chi connectivity index (χ3v) is 2.85. The highest BCUT2D eigenvalue weighted by Crippen LogP contribution is 2.13. The number of nitrogens with zero attached hydrogens (tertiary/aromatic N) is 2. The molecule has 1 saturated heterocycles. The average Bonchev–Trinajstić information content (AvgIpc) is 2.26. The number of rotatable bonds is 1. The number of hydrogen-bond donors (Lipinski definition) is 0. The normalized spacial score (nSPS) is 18.3. The van der Waals surface area contributed by atoms with Crippen molar-refractivity contribution < 1.29 is 9.53 Å². The molecule has 0 N–H and O–H groups in total. The van der Waals surface area contributed by atoms with Crippen LogP contribution in [-0.2, 0) is 4.74 Å². The van der Waals surface area contributed by atoms with Crippen LogP contribution in [0.15, 0.2) is 11.8 Å². The van der Waals surface area contributed by atoms with Gasteiger partial charge in [0.25, 0.3) is 0 Å². The zero-order chi connectivity index (χ0) is 13.1. The summed E-state index contributed by atoms with van der Waals surface area (Å²) in [6, 6.07) is 0. The van der Waals surface area contributed by atoms with Gasteiger partial charge in [0.1, 0.15) is 5.60 Å². The number of ether oxygens (including phenoxy) is 1. The predicted octanol–water partition coefficient (Wildman–Crippen LogP) is 2.46. The highest BCUT2D eigenvalue weighted by Gasteiger charge is 2.25. The summed E-state index contributed by atoms with van der Waals surface area (Å²) in [5.41, 5.74) is 0.863. The fourth-order valence-electron chi connectivity index (χ4n) is 1.75. The van der Waals surface area contributed by atoms with Crippen molar-refractivity contribution in [2.24, 2.45) is 0 Å². The van der Waals surface area contributed by atoms with Gasteiger partial charge in [0, 0.05) is 31.9 Å².